The molecule has 0 unspecified atom stereocenters. The van der Waals surface area contributed by atoms with E-state index in [0.717, 1.165) is 6.42 Å². The summed E-state index contributed by atoms with van der Waals surface area (Å²) in [6, 6.07) is 2.09. The quantitative estimate of drug-likeness (QED) is 0.641. The van der Waals surface area contributed by atoms with Crippen LogP contribution in [0.2, 0.25) is 0 Å². The largest absolute Gasteiger partial charge is 0.261 e. The van der Waals surface area contributed by atoms with Gasteiger partial charge in [0.25, 0.3) is 0 Å². The first-order valence-electron chi connectivity index (χ1n) is 4.81. The summed E-state index contributed by atoms with van der Waals surface area (Å²) >= 11 is 0. The van der Waals surface area contributed by atoms with Crippen molar-refractivity contribution in [1.29, 1.82) is 0 Å². The van der Waals surface area contributed by atoms with Crippen molar-refractivity contribution in [1.82, 2.24) is 4.98 Å². The lowest BCUT2D eigenvalue weighted by molar-refractivity contribution is 0.408. The summed E-state index contributed by atoms with van der Waals surface area (Å²) < 4.78 is 0. The number of pyridine rings is 1. The molecule has 0 fully saturated rings. The van der Waals surface area contributed by atoms with E-state index < -0.39 is 0 Å². The summed E-state index contributed by atoms with van der Waals surface area (Å²) in [5.41, 5.74) is 4.30. The number of nitrogens with zero attached hydrogens (tertiary/aromatic N) is 1. The predicted octanol–water partition coefficient (Wildman–Crippen LogP) is 3.29. The van der Waals surface area contributed by atoms with Gasteiger partial charge in [-0.3, -0.25) is 4.98 Å². The van der Waals surface area contributed by atoms with Gasteiger partial charge in [0.1, 0.15) is 0 Å². The molecular formula is C12H19N. The molecule has 1 aromatic rings. The van der Waals surface area contributed by atoms with Crippen LogP contribution in [0, 0.1) is 19.3 Å². The Kier molecular flexibility index (Phi) is 2.74. The monoisotopic (exact) mass is 177 g/mol. The smallest absolute Gasteiger partial charge is 0.0407 e. The number of hydrogen-bond donors (Lipinski definition) is 0. The van der Waals surface area contributed by atoms with E-state index in [1.165, 1.54) is 16.8 Å². The zero-order valence-electron chi connectivity index (χ0n) is 9.31. The van der Waals surface area contributed by atoms with Gasteiger partial charge in [0.2, 0.25) is 0 Å². The Bertz CT molecular complexity index is 274. The van der Waals surface area contributed by atoms with Crippen molar-refractivity contribution in [3.8, 4) is 0 Å². The Hall–Kier alpha value is -0.850. The molecular weight excluding hydrogens is 158 g/mol. The molecule has 0 aliphatic rings. The summed E-state index contributed by atoms with van der Waals surface area (Å²) in [5, 5.41) is 0. The van der Waals surface area contributed by atoms with E-state index in [1.807, 2.05) is 6.20 Å². The normalized spacial score (nSPS) is 11.8. The van der Waals surface area contributed by atoms with Crippen molar-refractivity contribution in [3.05, 3.63) is 29.1 Å². The molecule has 0 N–H and O–H groups in total. The van der Waals surface area contributed by atoms with Gasteiger partial charge in [0, 0.05) is 11.9 Å². The highest BCUT2D eigenvalue weighted by Crippen LogP contribution is 2.23. The highest BCUT2D eigenvalue weighted by atomic mass is 14.7. The average Bonchev–Trinajstić information content (AvgIpc) is 1.95. The van der Waals surface area contributed by atoms with Crippen molar-refractivity contribution in [3.63, 3.8) is 0 Å². The van der Waals surface area contributed by atoms with Crippen molar-refractivity contribution in [2.24, 2.45) is 5.41 Å². The molecule has 0 aliphatic carbocycles. The van der Waals surface area contributed by atoms with Gasteiger partial charge >= 0.3 is 0 Å². The minimum Gasteiger partial charge on any atom is -0.261 e. The molecule has 0 saturated heterocycles. The minimum atomic E-state index is 0.346. The maximum absolute atomic E-state index is 4.32. The lowest BCUT2D eigenvalue weighted by Gasteiger charge is -2.20. The van der Waals surface area contributed by atoms with Crippen LogP contribution in [-0.2, 0) is 6.42 Å². The van der Waals surface area contributed by atoms with Crippen LogP contribution in [0.1, 0.15) is 37.6 Å². The molecule has 1 heteroatoms. The molecule has 0 amide bonds. The third-order valence-corrected chi connectivity index (χ3v) is 2.21. The molecule has 0 atom stereocenters. The minimum absolute atomic E-state index is 0.346. The number of hydrogen-bond acceptors (Lipinski definition) is 1. The van der Waals surface area contributed by atoms with Crippen LogP contribution in [0.4, 0.5) is 0 Å². The van der Waals surface area contributed by atoms with Crippen LogP contribution >= 0.6 is 0 Å². The second kappa shape index (κ2) is 3.49. The fourth-order valence-corrected chi connectivity index (χ4v) is 1.52. The molecule has 1 nitrogen and oxygen atoms in total. The molecule has 0 bridgehead atoms. The summed E-state index contributed by atoms with van der Waals surface area (Å²) in [4.78, 5) is 4.32. The number of aryl methyl sites for hydroxylation is 2. The number of aromatic nitrogens is 1. The lowest BCUT2D eigenvalue weighted by atomic mass is 9.86. The van der Waals surface area contributed by atoms with Gasteiger partial charge in [-0.05, 0) is 42.9 Å². The Morgan fingerprint density at radius 2 is 1.85 bits per heavy atom. The summed E-state index contributed by atoms with van der Waals surface area (Å²) in [7, 11) is 0. The summed E-state index contributed by atoms with van der Waals surface area (Å²) in [6.07, 6.45) is 3.00. The molecule has 1 rings (SSSR count). The van der Waals surface area contributed by atoms with Crippen LogP contribution in [0.5, 0.6) is 0 Å². The van der Waals surface area contributed by atoms with E-state index in [2.05, 4.69) is 45.7 Å². The van der Waals surface area contributed by atoms with Gasteiger partial charge in [-0.2, -0.15) is 0 Å². The van der Waals surface area contributed by atoms with Gasteiger partial charge in [0.15, 0.2) is 0 Å². The Labute approximate surface area is 81.2 Å². The summed E-state index contributed by atoms with van der Waals surface area (Å²) in [5.74, 6) is 0. The first-order valence-corrected chi connectivity index (χ1v) is 4.81. The maximum atomic E-state index is 4.32. The van der Waals surface area contributed by atoms with Crippen molar-refractivity contribution >= 4 is 0 Å². The van der Waals surface area contributed by atoms with Crippen molar-refractivity contribution in [2.75, 3.05) is 0 Å². The van der Waals surface area contributed by atoms with Gasteiger partial charge in [-0.15, -0.1) is 0 Å². The van der Waals surface area contributed by atoms with E-state index >= 15 is 0 Å². The SMILES string of the molecule is Cc1ccnc(C)c1CC(C)(C)C. The standard InChI is InChI=1S/C12H19N/c1-9-6-7-13-10(2)11(9)8-12(3,4)5/h6-7H,8H2,1-5H3. The van der Waals surface area contributed by atoms with Crippen LogP contribution in [0.25, 0.3) is 0 Å². The van der Waals surface area contributed by atoms with Crippen LogP contribution in [0.15, 0.2) is 12.3 Å². The molecule has 13 heavy (non-hydrogen) atoms. The molecule has 0 spiro atoms. The molecule has 0 saturated carbocycles. The van der Waals surface area contributed by atoms with Crippen LogP contribution < -0.4 is 0 Å². The fraction of sp³-hybridized carbons (Fsp3) is 0.583. The van der Waals surface area contributed by atoms with E-state index in [0.29, 0.717) is 5.41 Å². The van der Waals surface area contributed by atoms with Crippen LogP contribution in [-0.4, -0.2) is 4.98 Å². The fourth-order valence-electron chi connectivity index (χ4n) is 1.52. The van der Waals surface area contributed by atoms with Crippen LogP contribution in [0.3, 0.4) is 0 Å². The highest BCUT2D eigenvalue weighted by Gasteiger charge is 2.14. The third kappa shape index (κ3) is 2.83. The first kappa shape index (κ1) is 10.2. The molecule has 72 valence electrons. The number of rotatable bonds is 1. The predicted molar refractivity (Wildman–Crippen MR) is 56.9 cm³/mol. The zero-order chi connectivity index (χ0) is 10.1. The van der Waals surface area contributed by atoms with Gasteiger partial charge in [0.05, 0.1) is 0 Å². The highest BCUT2D eigenvalue weighted by molar-refractivity contribution is 5.28. The third-order valence-electron chi connectivity index (χ3n) is 2.21. The van der Waals surface area contributed by atoms with E-state index in [4.69, 9.17) is 0 Å². The average molecular weight is 177 g/mol. The molecule has 1 aromatic heterocycles. The molecule has 1 heterocycles. The van der Waals surface area contributed by atoms with Crippen molar-refractivity contribution in [2.45, 2.75) is 41.0 Å². The molecule has 0 radical (unpaired) electrons. The van der Waals surface area contributed by atoms with Gasteiger partial charge in [-0.1, -0.05) is 20.8 Å². The lowest BCUT2D eigenvalue weighted by Crippen LogP contribution is -2.12. The second-order valence-electron chi connectivity index (χ2n) is 4.93. The Balaban J connectivity index is 3.00. The summed E-state index contributed by atoms with van der Waals surface area (Å²) in [6.45, 7) is 11.0. The first-order chi connectivity index (χ1) is 5.90. The van der Waals surface area contributed by atoms with E-state index in [9.17, 15) is 0 Å². The Morgan fingerprint density at radius 3 is 2.31 bits per heavy atom. The second-order valence-corrected chi connectivity index (χ2v) is 4.93. The molecule has 0 aliphatic heterocycles. The van der Waals surface area contributed by atoms with E-state index in [-0.39, 0.29) is 0 Å². The molecule has 0 aromatic carbocycles. The van der Waals surface area contributed by atoms with Gasteiger partial charge < -0.3 is 0 Å². The Morgan fingerprint density at radius 1 is 1.23 bits per heavy atom. The van der Waals surface area contributed by atoms with Crippen molar-refractivity contribution < 1.29 is 0 Å². The van der Waals surface area contributed by atoms with Gasteiger partial charge in [-0.25, -0.2) is 0 Å². The van der Waals surface area contributed by atoms with E-state index in [1.54, 1.807) is 0 Å². The zero-order valence-corrected chi connectivity index (χ0v) is 9.31. The topological polar surface area (TPSA) is 12.9 Å². The maximum Gasteiger partial charge on any atom is 0.0407 e.